The molecule has 1 heterocycles. The van der Waals surface area contributed by atoms with Crippen LogP contribution in [0.3, 0.4) is 0 Å². The van der Waals surface area contributed by atoms with Crippen molar-refractivity contribution >= 4 is 34.8 Å². The topological polar surface area (TPSA) is 84.5 Å². The van der Waals surface area contributed by atoms with Crippen LogP contribution in [0.15, 0.2) is 72.1 Å². The molecule has 2 N–H and O–H groups in total. The first-order chi connectivity index (χ1) is 14.5. The van der Waals surface area contributed by atoms with E-state index in [-0.39, 0.29) is 18.9 Å². The lowest BCUT2D eigenvalue weighted by atomic mass is 10.0. The molecule has 7 heteroatoms. The average Bonchev–Trinajstić information content (AvgIpc) is 3.30. The fraction of sp³-hybridized carbons (Fsp3) is 0.174. The maximum Gasteiger partial charge on any atom is 0.308 e. The van der Waals surface area contributed by atoms with Crippen molar-refractivity contribution in [2.45, 2.75) is 19.4 Å². The molecular formula is C23H22N2O4S. The first-order valence-corrected chi connectivity index (χ1v) is 10.4. The van der Waals surface area contributed by atoms with Gasteiger partial charge in [0.1, 0.15) is 0 Å². The smallest absolute Gasteiger partial charge is 0.308 e. The quantitative estimate of drug-likeness (QED) is 0.535. The maximum absolute atomic E-state index is 12.5. The van der Waals surface area contributed by atoms with Crippen molar-refractivity contribution in [1.29, 1.82) is 0 Å². The zero-order chi connectivity index (χ0) is 21.3. The summed E-state index contributed by atoms with van der Waals surface area (Å²) in [6.45, 7) is 1.66. The molecule has 0 saturated heterocycles. The Morgan fingerprint density at radius 2 is 1.70 bits per heavy atom. The second-order valence-corrected chi connectivity index (χ2v) is 7.46. The maximum atomic E-state index is 12.5. The van der Waals surface area contributed by atoms with E-state index in [9.17, 15) is 14.4 Å². The number of esters is 1. The summed E-state index contributed by atoms with van der Waals surface area (Å²) in [5.41, 5.74) is 2.49. The normalized spacial score (nSPS) is 11.4. The van der Waals surface area contributed by atoms with Crippen molar-refractivity contribution in [1.82, 2.24) is 5.32 Å². The summed E-state index contributed by atoms with van der Waals surface area (Å²) >= 11 is 1.32. The van der Waals surface area contributed by atoms with Gasteiger partial charge in [-0.15, -0.1) is 11.3 Å². The third-order valence-corrected chi connectivity index (χ3v) is 5.18. The van der Waals surface area contributed by atoms with E-state index in [0.29, 0.717) is 10.6 Å². The van der Waals surface area contributed by atoms with Crippen LogP contribution in [0.4, 0.5) is 5.69 Å². The van der Waals surface area contributed by atoms with Crippen molar-refractivity contribution in [3.05, 3.63) is 77.0 Å². The lowest BCUT2D eigenvalue weighted by Crippen LogP contribution is -2.32. The van der Waals surface area contributed by atoms with E-state index >= 15 is 0 Å². The van der Waals surface area contributed by atoms with Crippen LogP contribution in [-0.2, 0) is 14.3 Å². The molecule has 1 aromatic heterocycles. The zero-order valence-electron chi connectivity index (χ0n) is 16.5. The second kappa shape index (κ2) is 10.4. The molecule has 0 fully saturated rings. The number of amides is 2. The third kappa shape index (κ3) is 5.78. The van der Waals surface area contributed by atoms with Gasteiger partial charge in [-0.1, -0.05) is 54.6 Å². The minimum atomic E-state index is -0.964. The average molecular weight is 423 g/mol. The summed E-state index contributed by atoms with van der Waals surface area (Å²) in [6, 6.07) is 20.6. The molecule has 30 heavy (non-hydrogen) atoms. The van der Waals surface area contributed by atoms with E-state index in [4.69, 9.17) is 4.74 Å². The third-order valence-electron chi connectivity index (χ3n) is 4.31. The number of rotatable bonds is 8. The van der Waals surface area contributed by atoms with Crippen LogP contribution < -0.4 is 10.6 Å². The van der Waals surface area contributed by atoms with Crippen molar-refractivity contribution in [3.63, 3.8) is 0 Å². The van der Waals surface area contributed by atoms with Gasteiger partial charge in [0.15, 0.2) is 6.10 Å². The van der Waals surface area contributed by atoms with Crippen LogP contribution in [0.5, 0.6) is 0 Å². The van der Waals surface area contributed by atoms with Crippen molar-refractivity contribution in [2.24, 2.45) is 0 Å². The number of hydrogen-bond acceptors (Lipinski definition) is 5. The molecule has 154 valence electrons. The van der Waals surface area contributed by atoms with Crippen molar-refractivity contribution in [3.8, 4) is 11.1 Å². The number of anilines is 1. The Morgan fingerprint density at radius 1 is 0.967 bits per heavy atom. The SMILES string of the molecule is CC(OC(=O)CCNC(=O)c1cccs1)C(=O)Nc1ccccc1-c1ccccc1. The van der Waals surface area contributed by atoms with Gasteiger partial charge in [-0.25, -0.2) is 0 Å². The molecule has 0 spiro atoms. The van der Waals surface area contributed by atoms with Gasteiger partial charge >= 0.3 is 5.97 Å². The van der Waals surface area contributed by atoms with Crippen LogP contribution in [0.25, 0.3) is 11.1 Å². The predicted molar refractivity (Wildman–Crippen MR) is 117 cm³/mol. The lowest BCUT2D eigenvalue weighted by Gasteiger charge is -2.16. The lowest BCUT2D eigenvalue weighted by molar-refractivity contribution is -0.153. The minimum Gasteiger partial charge on any atom is -0.452 e. The molecule has 3 aromatic rings. The summed E-state index contributed by atoms with van der Waals surface area (Å²) in [5, 5.41) is 7.28. The van der Waals surface area contributed by atoms with Gasteiger partial charge in [0.25, 0.3) is 11.8 Å². The van der Waals surface area contributed by atoms with Gasteiger partial charge in [-0.2, -0.15) is 0 Å². The molecule has 0 aliphatic heterocycles. The molecular weight excluding hydrogens is 400 g/mol. The highest BCUT2D eigenvalue weighted by Crippen LogP contribution is 2.27. The molecule has 3 rings (SSSR count). The Bertz CT molecular complexity index is 1000. The Morgan fingerprint density at radius 3 is 2.43 bits per heavy atom. The van der Waals surface area contributed by atoms with E-state index in [0.717, 1.165) is 11.1 Å². The summed E-state index contributed by atoms with van der Waals surface area (Å²) in [7, 11) is 0. The highest BCUT2D eigenvalue weighted by molar-refractivity contribution is 7.12. The van der Waals surface area contributed by atoms with E-state index in [1.165, 1.54) is 18.3 Å². The number of hydrogen-bond donors (Lipinski definition) is 2. The van der Waals surface area contributed by atoms with Crippen LogP contribution in [0.2, 0.25) is 0 Å². The number of benzene rings is 2. The molecule has 0 bridgehead atoms. The van der Waals surface area contributed by atoms with Gasteiger partial charge in [0, 0.05) is 17.8 Å². The fourth-order valence-electron chi connectivity index (χ4n) is 2.78. The van der Waals surface area contributed by atoms with Crippen LogP contribution in [-0.4, -0.2) is 30.4 Å². The molecule has 0 aliphatic rings. The Hall–Kier alpha value is -3.45. The monoisotopic (exact) mass is 422 g/mol. The number of nitrogens with one attached hydrogen (secondary N) is 2. The van der Waals surface area contributed by atoms with Crippen LogP contribution in [0.1, 0.15) is 23.0 Å². The number of carbonyl (C=O) groups excluding carboxylic acids is 3. The number of carbonyl (C=O) groups is 3. The molecule has 1 unspecified atom stereocenters. The van der Waals surface area contributed by atoms with E-state index in [1.54, 1.807) is 23.6 Å². The molecule has 6 nitrogen and oxygen atoms in total. The first-order valence-electron chi connectivity index (χ1n) is 9.51. The molecule has 0 saturated carbocycles. The first kappa shape index (κ1) is 21.3. The molecule has 2 aromatic carbocycles. The summed E-state index contributed by atoms with van der Waals surface area (Å²) < 4.78 is 5.20. The van der Waals surface area contributed by atoms with Crippen LogP contribution in [0, 0.1) is 0 Å². The second-order valence-electron chi connectivity index (χ2n) is 6.52. The van der Waals surface area contributed by atoms with Gasteiger partial charge in [-0.05, 0) is 30.0 Å². The fourth-order valence-corrected chi connectivity index (χ4v) is 3.42. The van der Waals surface area contributed by atoms with Crippen LogP contribution >= 0.6 is 11.3 Å². The molecule has 1 atom stereocenters. The summed E-state index contributed by atoms with van der Waals surface area (Å²) in [4.78, 5) is 37.0. The van der Waals surface area contributed by atoms with E-state index in [1.807, 2.05) is 48.5 Å². The molecule has 2 amide bonds. The summed E-state index contributed by atoms with van der Waals surface area (Å²) in [6.07, 6.45) is -0.982. The molecule has 0 radical (unpaired) electrons. The van der Waals surface area contributed by atoms with E-state index in [2.05, 4.69) is 10.6 Å². The standard InChI is InChI=1S/C23H22N2O4S/c1-16(29-21(26)13-14-24-23(28)20-12-7-15-30-20)22(27)25-19-11-6-5-10-18(19)17-8-3-2-4-9-17/h2-12,15-16H,13-14H2,1H3,(H,24,28)(H,25,27). The molecule has 0 aliphatic carbocycles. The number of thiophene rings is 1. The zero-order valence-corrected chi connectivity index (χ0v) is 17.3. The highest BCUT2D eigenvalue weighted by Gasteiger charge is 2.19. The van der Waals surface area contributed by atoms with Crippen molar-refractivity contribution < 1.29 is 19.1 Å². The number of para-hydroxylation sites is 1. The highest BCUT2D eigenvalue weighted by atomic mass is 32.1. The Labute approximate surface area is 178 Å². The Balaban J connectivity index is 1.50. The van der Waals surface area contributed by atoms with E-state index < -0.39 is 18.0 Å². The van der Waals surface area contributed by atoms with Gasteiger partial charge in [-0.3, -0.25) is 14.4 Å². The Kier molecular flexibility index (Phi) is 7.34. The predicted octanol–water partition coefficient (Wildman–Crippen LogP) is 4.11. The minimum absolute atomic E-state index is 0.0185. The van der Waals surface area contributed by atoms with Crippen molar-refractivity contribution in [2.75, 3.05) is 11.9 Å². The number of ether oxygens (including phenoxy) is 1. The van der Waals surface area contributed by atoms with Gasteiger partial charge in [0.05, 0.1) is 11.3 Å². The summed E-state index contributed by atoms with van der Waals surface area (Å²) in [5.74, 6) is -1.21. The largest absolute Gasteiger partial charge is 0.452 e. The van der Waals surface area contributed by atoms with Gasteiger partial charge in [0.2, 0.25) is 0 Å². The van der Waals surface area contributed by atoms with Gasteiger partial charge < -0.3 is 15.4 Å².